The molecule has 5 heteroatoms. The lowest BCUT2D eigenvalue weighted by atomic mass is 9.97. The molecule has 0 saturated carbocycles. The van der Waals surface area contributed by atoms with E-state index in [4.69, 9.17) is 16.2 Å². The van der Waals surface area contributed by atoms with E-state index in [1.165, 1.54) is 0 Å². The van der Waals surface area contributed by atoms with Crippen LogP contribution in [0, 0.1) is 11.3 Å². The summed E-state index contributed by atoms with van der Waals surface area (Å²) in [5.74, 6) is 0.558. The Morgan fingerprint density at radius 1 is 1.50 bits per heavy atom. The van der Waals surface area contributed by atoms with Crippen LogP contribution in [0.3, 0.4) is 0 Å². The molecule has 20 heavy (non-hydrogen) atoms. The molecule has 0 aromatic carbocycles. The molecule has 1 aromatic heterocycles. The van der Waals surface area contributed by atoms with Gasteiger partial charge in [-0.15, -0.1) is 0 Å². The monoisotopic (exact) mass is 277 g/mol. The van der Waals surface area contributed by atoms with Crippen LogP contribution in [0.4, 0.5) is 0 Å². The van der Waals surface area contributed by atoms with E-state index in [1.54, 1.807) is 0 Å². The average Bonchev–Trinajstić information content (AvgIpc) is 2.89. The standard InChI is InChI=1S/C15H27N5/c1-3-14(4-2)20-9-7-13(18-20)11-19-8-5-6-12(10-19)15(16)17/h7,9,12,14H,3-6,8,10-11H2,1-2H3,(H3,16,17). The first-order valence-electron chi connectivity index (χ1n) is 7.74. The van der Waals surface area contributed by atoms with Crippen molar-refractivity contribution in [2.24, 2.45) is 11.7 Å². The largest absolute Gasteiger partial charge is 0.387 e. The minimum atomic E-state index is 0.227. The molecule has 0 aliphatic carbocycles. The van der Waals surface area contributed by atoms with Gasteiger partial charge in [0.15, 0.2) is 0 Å². The molecule has 2 heterocycles. The average molecular weight is 277 g/mol. The van der Waals surface area contributed by atoms with Crippen molar-refractivity contribution < 1.29 is 0 Å². The van der Waals surface area contributed by atoms with Crippen molar-refractivity contribution in [1.82, 2.24) is 14.7 Å². The molecule has 112 valence electrons. The number of likely N-dealkylation sites (tertiary alicyclic amines) is 1. The molecule has 2 rings (SSSR count). The molecule has 0 radical (unpaired) electrons. The van der Waals surface area contributed by atoms with Crippen molar-refractivity contribution >= 4 is 5.84 Å². The van der Waals surface area contributed by atoms with Gasteiger partial charge in [0.05, 0.1) is 17.6 Å². The number of amidine groups is 1. The van der Waals surface area contributed by atoms with Crippen molar-refractivity contribution in [2.45, 2.75) is 52.1 Å². The molecule has 1 aliphatic heterocycles. The van der Waals surface area contributed by atoms with Crippen molar-refractivity contribution in [3.05, 3.63) is 18.0 Å². The molecule has 0 amide bonds. The number of piperidine rings is 1. The highest BCUT2D eigenvalue weighted by atomic mass is 15.3. The highest BCUT2D eigenvalue weighted by Gasteiger charge is 2.22. The van der Waals surface area contributed by atoms with E-state index in [9.17, 15) is 0 Å². The Balaban J connectivity index is 1.94. The SMILES string of the molecule is CCC(CC)n1ccc(CN2CCCC(C(=N)N)C2)n1. The van der Waals surface area contributed by atoms with Crippen LogP contribution in [0.15, 0.2) is 12.3 Å². The lowest BCUT2D eigenvalue weighted by Crippen LogP contribution is -2.40. The van der Waals surface area contributed by atoms with Gasteiger partial charge in [0.2, 0.25) is 0 Å². The van der Waals surface area contributed by atoms with E-state index < -0.39 is 0 Å². The molecular formula is C15H27N5. The fourth-order valence-electron chi connectivity index (χ4n) is 3.01. The molecule has 3 N–H and O–H groups in total. The van der Waals surface area contributed by atoms with Crippen molar-refractivity contribution in [3.63, 3.8) is 0 Å². The number of nitrogens with one attached hydrogen (secondary N) is 1. The number of rotatable bonds is 6. The predicted octanol–water partition coefficient (Wildman–Crippen LogP) is 2.39. The minimum absolute atomic E-state index is 0.227. The van der Waals surface area contributed by atoms with Crippen LogP contribution in [-0.2, 0) is 6.54 Å². The third-order valence-electron chi connectivity index (χ3n) is 4.31. The summed E-state index contributed by atoms with van der Waals surface area (Å²) in [6, 6.07) is 2.63. The summed E-state index contributed by atoms with van der Waals surface area (Å²) >= 11 is 0. The summed E-state index contributed by atoms with van der Waals surface area (Å²) in [7, 11) is 0. The van der Waals surface area contributed by atoms with Gasteiger partial charge in [-0.05, 0) is 38.3 Å². The summed E-state index contributed by atoms with van der Waals surface area (Å²) < 4.78 is 2.10. The number of aromatic nitrogens is 2. The van der Waals surface area contributed by atoms with E-state index in [0.29, 0.717) is 11.9 Å². The second kappa shape index (κ2) is 6.88. The van der Waals surface area contributed by atoms with Crippen molar-refractivity contribution in [1.29, 1.82) is 5.41 Å². The zero-order valence-electron chi connectivity index (χ0n) is 12.7. The Hall–Kier alpha value is -1.36. The lowest BCUT2D eigenvalue weighted by molar-refractivity contribution is 0.193. The maximum absolute atomic E-state index is 7.60. The first-order chi connectivity index (χ1) is 9.63. The topological polar surface area (TPSA) is 70.9 Å². The van der Waals surface area contributed by atoms with Crippen LogP contribution in [0.1, 0.15) is 51.3 Å². The molecule has 0 spiro atoms. The molecule has 1 aromatic rings. The Labute approximate surface area is 121 Å². The smallest absolute Gasteiger partial charge is 0.0949 e. The minimum Gasteiger partial charge on any atom is -0.387 e. The Kier molecular flexibility index (Phi) is 5.17. The molecule has 1 fully saturated rings. The summed E-state index contributed by atoms with van der Waals surface area (Å²) in [4.78, 5) is 2.37. The van der Waals surface area contributed by atoms with Gasteiger partial charge in [-0.3, -0.25) is 15.0 Å². The molecule has 0 bridgehead atoms. The van der Waals surface area contributed by atoms with Crippen LogP contribution in [0.5, 0.6) is 0 Å². The van der Waals surface area contributed by atoms with Crippen LogP contribution in [0.25, 0.3) is 0 Å². The number of hydrogen-bond donors (Lipinski definition) is 2. The third-order valence-corrected chi connectivity index (χ3v) is 4.31. The molecular weight excluding hydrogens is 250 g/mol. The maximum Gasteiger partial charge on any atom is 0.0949 e. The zero-order chi connectivity index (χ0) is 14.5. The molecule has 1 saturated heterocycles. The van der Waals surface area contributed by atoms with Gasteiger partial charge < -0.3 is 5.73 Å². The molecule has 5 nitrogen and oxygen atoms in total. The van der Waals surface area contributed by atoms with Crippen LogP contribution in [0.2, 0.25) is 0 Å². The second-order valence-electron chi connectivity index (χ2n) is 5.79. The number of nitrogens with zero attached hydrogens (tertiary/aromatic N) is 3. The summed E-state index contributed by atoms with van der Waals surface area (Å²) in [5.41, 5.74) is 6.77. The first kappa shape index (κ1) is 15.0. The highest BCUT2D eigenvalue weighted by molar-refractivity contribution is 5.79. The molecule has 1 unspecified atom stereocenters. The van der Waals surface area contributed by atoms with Gasteiger partial charge in [0.1, 0.15) is 0 Å². The Morgan fingerprint density at radius 2 is 2.25 bits per heavy atom. The molecule has 1 atom stereocenters. The van der Waals surface area contributed by atoms with Gasteiger partial charge in [-0.2, -0.15) is 5.10 Å². The first-order valence-corrected chi connectivity index (χ1v) is 7.74. The van der Waals surface area contributed by atoms with E-state index >= 15 is 0 Å². The van der Waals surface area contributed by atoms with Crippen molar-refractivity contribution in [3.8, 4) is 0 Å². The number of hydrogen-bond acceptors (Lipinski definition) is 3. The third kappa shape index (κ3) is 3.60. The fraction of sp³-hybridized carbons (Fsp3) is 0.733. The van der Waals surface area contributed by atoms with Crippen LogP contribution >= 0.6 is 0 Å². The van der Waals surface area contributed by atoms with E-state index in [-0.39, 0.29) is 5.92 Å². The van der Waals surface area contributed by atoms with Crippen LogP contribution in [-0.4, -0.2) is 33.6 Å². The summed E-state index contributed by atoms with van der Waals surface area (Å²) in [6.07, 6.45) is 6.51. The van der Waals surface area contributed by atoms with Gasteiger partial charge >= 0.3 is 0 Å². The zero-order valence-corrected chi connectivity index (χ0v) is 12.7. The molecule has 1 aliphatic rings. The highest BCUT2D eigenvalue weighted by Crippen LogP contribution is 2.19. The summed E-state index contributed by atoms with van der Waals surface area (Å²) in [5, 5.41) is 12.3. The van der Waals surface area contributed by atoms with Gasteiger partial charge in [0.25, 0.3) is 0 Å². The van der Waals surface area contributed by atoms with E-state index in [2.05, 4.69) is 35.7 Å². The van der Waals surface area contributed by atoms with Crippen molar-refractivity contribution in [2.75, 3.05) is 13.1 Å². The number of nitrogens with two attached hydrogens (primary N) is 1. The van der Waals surface area contributed by atoms with E-state index in [1.807, 2.05) is 0 Å². The maximum atomic E-state index is 7.60. The van der Waals surface area contributed by atoms with Crippen LogP contribution < -0.4 is 5.73 Å². The van der Waals surface area contributed by atoms with Gasteiger partial charge in [-0.25, -0.2) is 0 Å². The second-order valence-corrected chi connectivity index (χ2v) is 5.79. The van der Waals surface area contributed by atoms with E-state index in [0.717, 1.165) is 51.0 Å². The predicted molar refractivity (Wildman–Crippen MR) is 81.8 cm³/mol. The van der Waals surface area contributed by atoms with Gasteiger partial charge in [0, 0.05) is 25.2 Å². The Morgan fingerprint density at radius 3 is 2.90 bits per heavy atom. The summed E-state index contributed by atoms with van der Waals surface area (Å²) in [6.45, 7) is 7.26. The normalized spacial score (nSPS) is 20.4. The van der Waals surface area contributed by atoms with Gasteiger partial charge in [-0.1, -0.05) is 13.8 Å². The quantitative estimate of drug-likeness (QED) is 0.619. The fourth-order valence-corrected chi connectivity index (χ4v) is 3.01. The lowest BCUT2D eigenvalue weighted by Gasteiger charge is -2.31. The Bertz CT molecular complexity index is 435.